The first-order valence-corrected chi connectivity index (χ1v) is 9.20. The van der Waals surface area contributed by atoms with Crippen LogP contribution < -0.4 is 14.8 Å². The number of amides is 1. The van der Waals surface area contributed by atoms with Crippen molar-refractivity contribution in [3.05, 3.63) is 58.4 Å². The van der Waals surface area contributed by atoms with Gasteiger partial charge in [-0.2, -0.15) is 0 Å². The molecule has 3 rings (SSSR count). The third kappa shape index (κ3) is 3.98. The topological polar surface area (TPSA) is 60.5 Å². The van der Waals surface area contributed by atoms with Gasteiger partial charge in [0.25, 0.3) is 5.91 Å². The fraction of sp³-hybridized carbons (Fsp3) is 0.158. The fourth-order valence-corrected chi connectivity index (χ4v) is 3.32. The lowest BCUT2D eigenvalue weighted by molar-refractivity contribution is 0.102. The molecular formula is C19H17ClN2O3S. The van der Waals surface area contributed by atoms with Crippen LogP contribution in [-0.2, 0) is 0 Å². The summed E-state index contributed by atoms with van der Waals surface area (Å²) in [7, 11) is 1.56. The Morgan fingerprint density at radius 3 is 2.77 bits per heavy atom. The van der Waals surface area contributed by atoms with Crippen LogP contribution in [0.2, 0.25) is 5.02 Å². The number of ether oxygens (including phenoxy) is 2. The summed E-state index contributed by atoms with van der Waals surface area (Å²) in [5.41, 5.74) is 2.01. The van der Waals surface area contributed by atoms with Crippen LogP contribution in [0, 0.1) is 0 Å². The van der Waals surface area contributed by atoms with E-state index in [4.69, 9.17) is 21.1 Å². The minimum absolute atomic E-state index is 0.270. The molecule has 5 nitrogen and oxygen atoms in total. The van der Waals surface area contributed by atoms with Crippen LogP contribution in [0.1, 0.15) is 17.3 Å². The summed E-state index contributed by atoms with van der Waals surface area (Å²) in [6.07, 6.45) is 0. The van der Waals surface area contributed by atoms with Crippen LogP contribution in [0.4, 0.5) is 5.13 Å². The van der Waals surface area contributed by atoms with E-state index < -0.39 is 0 Å². The quantitative estimate of drug-likeness (QED) is 0.636. The molecule has 2 aromatic carbocycles. The number of nitrogens with zero attached hydrogens (tertiary/aromatic N) is 1. The molecule has 134 valence electrons. The van der Waals surface area contributed by atoms with Crippen LogP contribution in [0.3, 0.4) is 0 Å². The second-order valence-corrected chi connectivity index (χ2v) is 6.54. The SMILES string of the molecule is CCOc1cc(C(=O)Nc2nc(-c3ccccc3Cl)cs2)ccc1OC. The normalized spacial score (nSPS) is 10.4. The van der Waals surface area contributed by atoms with Crippen molar-refractivity contribution in [1.82, 2.24) is 4.98 Å². The van der Waals surface area contributed by atoms with E-state index in [1.54, 1.807) is 31.4 Å². The summed E-state index contributed by atoms with van der Waals surface area (Å²) < 4.78 is 10.7. The minimum Gasteiger partial charge on any atom is -0.493 e. The van der Waals surface area contributed by atoms with Gasteiger partial charge in [-0.3, -0.25) is 10.1 Å². The smallest absolute Gasteiger partial charge is 0.257 e. The van der Waals surface area contributed by atoms with Crippen LogP contribution in [0.5, 0.6) is 11.5 Å². The molecule has 0 aliphatic heterocycles. The molecule has 0 fully saturated rings. The van der Waals surface area contributed by atoms with Crippen molar-refractivity contribution in [3.8, 4) is 22.8 Å². The second-order valence-electron chi connectivity index (χ2n) is 5.27. The molecule has 0 spiro atoms. The number of benzene rings is 2. The van der Waals surface area contributed by atoms with E-state index in [2.05, 4.69) is 10.3 Å². The Labute approximate surface area is 160 Å². The molecule has 1 amide bonds. The largest absolute Gasteiger partial charge is 0.493 e. The number of thiazole rings is 1. The van der Waals surface area contributed by atoms with Crippen LogP contribution in [0.25, 0.3) is 11.3 Å². The lowest BCUT2D eigenvalue weighted by Gasteiger charge is -2.10. The number of carbonyl (C=O) groups is 1. The predicted molar refractivity (Wildman–Crippen MR) is 105 cm³/mol. The zero-order valence-electron chi connectivity index (χ0n) is 14.3. The van der Waals surface area contributed by atoms with Gasteiger partial charge in [-0.1, -0.05) is 29.8 Å². The molecule has 7 heteroatoms. The van der Waals surface area contributed by atoms with Crippen molar-refractivity contribution in [2.45, 2.75) is 6.92 Å². The molecule has 0 atom stereocenters. The molecule has 0 aliphatic rings. The molecule has 0 bridgehead atoms. The first-order valence-electron chi connectivity index (χ1n) is 7.95. The Morgan fingerprint density at radius 2 is 2.04 bits per heavy atom. The Balaban J connectivity index is 1.79. The van der Waals surface area contributed by atoms with Crippen molar-refractivity contribution in [1.29, 1.82) is 0 Å². The first kappa shape index (κ1) is 18.2. The molecule has 0 saturated heterocycles. The third-order valence-corrected chi connectivity index (χ3v) is 4.69. The van der Waals surface area contributed by atoms with Crippen LogP contribution in [-0.4, -0.2) is 24.6 Å². The van der Waals surface area contributed by atoms with E-state index in [9.17, 15) is 4.79 Å². The van der Waals surface area contributed by atoms with Crippen molar-refractivity contribution in [3.63, 3.8) is 0 Å². The number of carbonyl (C=O) groups excluding carboxylic acids is 1. The number of methoxy groups -OCH3 is 1. The number of hydrogen-bond donors (Lipinski definition) is 1. The maximum atomic E-state index is 12.5. The lowest BCUT2D eigenvalue weighted by Crippen LogP contribution is -2.12. The summed E-state index contributed by atoms with van der Waals surface area (Å²) in [6, 6.07) is 12.5. The van der Waals surface area contributed by atoms with Gasteiger partial charge < -0.3 is 9.47 Å². The first-order chi connectivity index (χ1) is 12.6. The fourth-order valence-electron chi connectivity index (χ4n) is 2.38. The highest BCUT2D eigenvalue weighted by Crippen LogP contribution is 2.31. The highest BCUT2D eigenvalue weighted by molar-refractivity contribution is 7.14. The standard InChI is InChI=1S/C19H17ClN2O3S/c1-3-25-17-10-12(8-9-16(17)24-2)18(23)22-19-21-15(11-26-19)13-6-4-5-7-14(13)20/h4-11H,3H2,1-2H3,(H,21,22,23). The van der Waals surface area contributed by atoms with Gasteiger partial charge in [-0.05, 0) is 31.2 Å². The molecule has 0 saturated carbocycles. The van der Waals surface area contributed by atoms with Crippen molar-refractivity contribution < 1.29 is 14.3 Å². The summed E-state index contributed by atoms with van der Waals surface area (Å²) in [6.45, 7) is 2.35. The van der Waals surface area contributed by atoms with E-state index in [-0.39, 0.29) is 5.91 Å². The van der Waals surface area contributed by atoms with E-state index in [1.807, 2.05) is 30.5 Å². The molecule has 0 aliphatic carbocycles. The van der Waals surface area contributed by atoms with Gasteiger partial charge >= 0.3 is 0 Å². The Kier molecular flexibility index (Phi) is 5.75. The Morgan fingerprint density at radius 1 is 1.23 bits per heavy atom. The number of anilines is 1. The third-order valence-electron chi connectivity index (χ3n) is 3.60. The summed E-state index contributed by atoms with van der Waals surface area (Å²) >= 11 is 7.54. The van der Waals surface area contributed by atoms with Gasteiger partial charge in [-0.15, -0.1) is 11.3 Å². The highest BCUT2D eigenvalue weighted by Gasteiger charge is 2.14. The monoisotopic (exact) mass is 388 g/mol. The summed E-state index contributed by atoms with van der Waals surface area (Å²) in [5, 5.41) is 5.78. The van der Waals surface area contributed by atoms with Gasteiger partial charge in [0.1, 0.15) is 0 Å². The van der Waals surface area contributed by atoms with Gasteiger partial charge in [-0.25, -0.2) is 4.98 Å². The zero-order valence-corrected chi connectivity index (χ0v) is 15.9. The Hall–Kier alpha value is -2.57. The molecule has 26 heavy (non-hydrogen) atoms. The second kappa shape index (κ2) is 8.21. The average molecular weight is 389 g/mol. The molecule has 1 N–H and O–H groups in total. The van der Waals surface area contributed by atoms with E-state index in [0.29, 0.717) is 33.8 Å². The van der Waals surface area contributed by atoms with Gasteiger partial charge in [0.15, 0.2) is 16.6 Å². The number of hydrogen-bond acceptors (Lipinski definition) is 5. The average Bonchev–Trinajstić information content (AvgIpc) is 3.10. The van der Waals surface area contributed by atoms with Crippen LogP contribution >= 0.6 is 22.9 Å². The zero-order chi connectivity index (χ0) is 18.5. The number of halogens is 1. The van der Waals surface area contributed by atoms with Gasteiger partial charge in [0.2, 0.25) is 0 Å². The molecule has 3 aromatic rings. The molecule has 0 radical (unpaired) electrons. The van der Waals surface area contributed by atoms with Crippen molar-refractivity contribution >= 4 is 34.0 Å². The van der Waals surface area contributed by atoms with Gasteiger partial charge in [0.05, 0.1) is 19.4 Å². The maximum Gasteiger partial charge on any atom is 0.257 e. The minimum atomic E-state index is -0.270. The highest BCUT2D eigenvalue weighted by atomic mass is 35.5. The number of aromatic nitrogens is 1. The molecule has 1 heterocycles. The Bertz CT molecular complexity index is 927. The van der Waals surface area contributed by atoms with Crippen molar-refractivity contribution in [2.24, 2.45) is 0 Å². The lowest BCUT2D eigenvalue weighted by atomic mass is 10.2. The van der Waals surface area contributed by atoms with E-state index in [0.717, 1.165) is 11.3 Å². The molecule has 1 aromatic heterocycles. The van der Waals surface area contributed by atoms with E-state index in [1.165, 1.54) is 11.3 Å². The summed E-state index contributed by atoms with van der Waals surface area (Å²) in [4.78, 5) is 17.0. The molecular weight excluding hydrogens is 372 g/mol. The van der Waals surface area contributed by atoms with Crippen LogP contribution in [0.15, 0.2) is 47.8 Å². The summed E-state index contributed by atoms with van der Waals surface area (Å²) in [5.74, 6) is 0.839. The predicted octanol–water partition coefficient (Wildman–Crippen LogP) is 5.12. The van der Waals surface area contributed by atoms with Gasteiger partial charge in [0, 0.05) is 21.5 Å². The van der Waals surface area contributed by atoms with Crippen molar-refractivity contribution in [2.75, 3.05) is 19.0 Å². The number of rotatable bonds is 6. The maximum absolute atomic E-state index is 12.5. The molecule has 0 unspecified atom stereocenters. The van der Waals surface area contributed by atoms with E-state index >= 15 is 0 Å². The number of nitrogens with one attached hydrogen (secondary N) is 1.